The fourth-order valence-corrected chi connectivity index (χ4v) is 5.52. The molecule has 3 rings (SSSR count). The number of piperidine rings is 1. The lowest BCUT2D eigenvalue weighted by Gasteiger charge is -2.62. The van der Waals surface area contributed by atoms with Crippen LogP contribution in [0.2, 0.25) is 0 Å². The molecule has 1 aliphatic heterocycles. The van der Waals surface area contributed by atoms with Crippen molar-refractivity contribution in [3.8, 4) is 5.75 Å². The second-order valence-electron chi connectivity index (χ2n) is 9.77. The van der Waals surface area contributed by atoms with Crippen LogP contribution in [0.4, 0.5) is 0 Å². The van der Waals surface area contributed by atoms with Crippen molar-refractivity contribution in [3.05, 3.63) is 29.3 Å². The summed E-state index contributed by atoms with van der Waals surface area (Å²) in [5.41, 5.74) is 2.75. The lowest BCUT2D eigenvalue weighted by Crippen LogP contribution is -2.64. The molecule has 31 heavy (non-hydrogen) atoms. The number of aromatic hydroxyl groups is 1. The zero-order valence-corrected chi connectivity index (χ0v) is 20.5. The first-order valence-corrected chi connectivity index (χ1v) is 13.1. The van der Waals surface area contributed by atoms with Gasteiger partial charge in [0, 0.05) is 24.3 Å². The second-order valence-corrected chi connectivity index (χ2v) is 11.2. The summed E-state index contributed by atoms with van der Waals surface area (Å²) in [5.74, 6) is 0.783. The van der Waals surface area contributed by atoms with Crippen molar-refractivity contribution in [3.63, 3.8) is 0 Å². The number of hydrogen-bond donors (Lipinski definition) is 2. The summed E-state index contributed by atoms with van der Waals surface area (Å²) in [4.78, 5) is 15.0. The average molecular weight is 454 g/mol. The van der Waals surface area contributed by atoms with Gasteiger partial charge in [-0.3, -0.25) is 9.35 Å². The number of carbonyl (C=O) groups excluding carboxylic acids is 1. The van der Waals surface area contributed by atoms with Crippen molar-refractivity contribution in [1.82, 2.24) is 4.90 Å². The molecule has 1 aromatic rings. The Hall–Kier alpha value is -1.44. The van der Waals surface area contributed by atoms with E-state index in [0.717, 1.165) is 51.5 Å². The van der Waals surface area contributed by atoms with Crippen molar-refractivity contribution in [2.24, 2.45) is 5.41 Å². The zero-order chi connectivity index (χ0) is 23.4. The van der Waals surface area contributed by atoms with Crippen LogP contribution in [-0.4, -0.2) is 54.7 Å². The van der Waals surface area contributed by atoms with Gasteiger partial charge in [0.05, 0.1) is 6.26 Å². The molecule has 1 fully saturated rings. The number of phenols is 1. The summed E-state index contributed by atoms with van der Waals surface area (Å²) in [6, 6.07) is 6.36. The molecule has 0 aromatic heterocycles. The lowest BCUT2D eigenvalue weighted by molar-refractivity contribution is -0.121. The van der Waals surface area contributed by atoms with Gasteiger partial charge in [-0.05, 0) is 68.0 Å². The molecule has 0 unspecified atom stereocenters. The minimum atomic E-state index is -3.67. The Morgan fingerprint density at radius 1 is 1.23 bits per heavy atom. The third-order valence-corrected chi connectivity index (χ3v) is 7.58. The molecular formula is C24H39NO5S. The normalized spacial score (nSPS) is 27.7. The second kappa shape index (κ2) is 10.0. The fraction of sp³-hybridized carbons (Fsp3) is 0.708. The number of hydrogen-bond acceptors (Lipinski definition) is 5. The van der Waals surface area contributed by atoms with Crippen molar-refractivity contribution in [1.29, 1.82) is 0 Å². The lowest BCUT2D eigenvalue weighted by atomic mass is 9.49. The number of nitrogens with zero attached hydrogens (tertiary/aromatic N) is 1. The third-order valence-electron chi connectivity index (χ3n) is 7.58. The summed E-state index contributed by atoms with van der Waals surface area (Å²) in [5, 5.41) is 10.1. The fourth-order valence-electron chi connectivity index (χ4n) is 5.52. The minimum absolute atomic E-state index is 0.0141. The van der Waals surface area contributed by atoms with Crippen LogP contribution in [0.1, 0.15) is 76.8 Å². The van der Waals surface area contributed by atoms with Crippen molar-refractivity contribution in [2.45, 2.75) is 83.6 Å². The Kier molecular flexibility index (Phi) is 8.33. The van der Waals surface area contributed by atoms with Gasteiger partial charge in [0.15, 0.2) is 0 Å². The number of phenolic OH excluding ortho intramolecular Hbond substituents is 1. The average Bonchev–Trinajstić information content (AvgIpc) is 2.66. The van der Waals surface area contributed by atoms with Gasteiger partial charge in [0.25, 0.3) is 10.1 Å². The Labute approximate surface area is 187 Å². The smallest absolute Gasteiger partial charge is 0.261 e. The van der Waals surface area contributed by atoms with E-state index < -0.39 is 10.1 Å². The molecule has 176 valence electrons. The van der Waals surface area contributed by atoms with Crippen molar-refractivity contribution >= 4 is 15.9 Å². The Balaban J connectivity index is 0.000000614. The molecule has 1 heterocycles. The summed E-state index contributed by atoms with van der Waals surface area (Å²) in [6.45, 7) is 8.01. The van der Waals surface area contributed by atoms with Crippen LogP contribution in [-0.2, 0) is 26.7 Å². The highest BCUT2D eigenvalue weighted by molar-refractivity contribution is 7.85. The van der Waals surface area contributed by atoms with Gasteiger partial charge in [-0.15, -0.1) is 0 Å². The molecule has 6 nitrogen and oxygen atoms in total. The maximum atomic E-state index is 12.5. The van der Waals surface area contributed by atoms with E-state index in [1.54, 1.807) is 0 Å². The van der Waals surface area contributed by atoms with E-state index in [-0.39, 0.29) is 10.8 Å². The summed E-state index contributed by atoms with van der Waals surface area (Å²) in [6.07, 6.45) is 8.52. The van der Waals surface area contributed by atoms with Gasteiger partial charge in [-0.25, -0.2) is 0 Å². The molecular weight excluding hydrogens is 414 g/mol. The minimum Gasteiger partial charge on any atom is -0.508 e. The van der Waals surface area contributed by atoms with E-state index in [4.69, 9.17) is 4.55 Å². The Bertz CT molecular complexity index is 876. The Morgan fingerprint density at radius 3 is 2.48 bits per heavy atom. The van der Waals surface area contributed by atoms with Gasteiger partial charge in [0.2, 0.25) is 0 Å². The maximum absolute atomic E-state index is 12.5. The van der Waals surface area contributed by atoms with E-state index in [1.807, 2.05) is 12.1 Å². The first-order valence-electron chi connectivity index (χ1n) is 11.3. The molecule has 1 saturated heterocycles. The molecule has 0 radical (unpaired) electrons. The van der Waals surface area contributed by atoms with Gasteiger partial charge in [-0.2, -0.15) is 8.42 Å². The van der Waals surface area contributed by atoms with Gasteiger partial charge >= 0.3 is 0 Å². The highest BCUT2D eigenvalue weighted by Gasteiger charge is 2.57. The standard InChI is InChI=1S/C23H35NO2.CH4O3S/c1-5-6-7-8-18(25)11-12-23(3)21-15-17-9-10-19(26)16-20(17)22(23,2)13-14-24(21)4;1-5(2,3)4/h9-10,16,21,26H,5-8,11-15H2,1-4H3;1H3,(H,2,3,4)/t21-,22+,23-;/m1./s1. The van der Waals surface area contributed by atoms with E-state index in [2.05, 4.69) is 38.8 Å². The van der Waals surface area contributed by atoms with E-state index in [1.165, 1.54) is 11.1 Å². The van der Waals surface area contributed by atoms with E-state index in [9.17, 15) is 18.3 Å². The van der Waals surface area contributed by atoms with Crippen LogP contribution < -0.4 is 0 Å². The van der Waals surface area contributed by atoms with Gasteiger partial charge in [0.1, 0.15) is 11.5 Å². The number of fused-ring (bicyclic) bond motifs is 4. The largest absolute Gasteiger partial charge is 0.508 e. The van der Waals surface area contributed by atoms with Crippen molar-refractivity contribution in [2.75, 3.05) is 19.8 Å². The summed E-state index contributed by atoms with van der Waals surface area (Å²) >= 11 is 0. The molecule has 7 heteroatoms. The van der Waals surface area contributed by atoms with Crippen LogP contribution >= 0.6 is 0 Å². The highest BCUT2D eigenvalue weighted by atomic mass is 32.2. The number of likely N-dealkylation sites (N-methyl/N-ethyl adjacent to an activating group) is 1. The third kappa shape index (κ3) is 6.08. The first-order chi connectivity index (χ1) is 14.3. The number of rotatable bonds is 7. The monoisotopic (exact) mass is 453 g/mol. The molecule has 2 aliphatic rings. The topological polar surface area (TPSA) is 94.9 Å². The SMILES string of the molecule is CCCCCC(=O)CC[C@]1(C)[C@H]2Cc3ccc(O)cc3[C@]1(C)CCN2C.CS(=O)(=O)O. The molecule has 1 aromatic carbocycles. The summed E-state index contributed by atoms with van der Waals surface area (Å²) < 4.78 is 25.9. The quantitative estimate of drug-likeness (QED) is 0.471. The first kappa shape index (κ1) is 25.8. The molecule has 2 N–H and O–H groups in total. The van der Waals surface area contributed by atoms with Gasteiger partial charge in [-0.1, -0.05) is 39.7 Å². The van der Waals surface area contributed by atoms with Crippen LogP contribution in [0.5, 0.6) is 5.75 Å². The van der Waals surface area contributed by atoms with Crippen molar-refractivity contribution < 1.29 is 22.9 Å². The maximum Gasteiger partial charge on any atom is 0.261 e. The molecule has 0 amide bonds. The van der Waals surface area contributed by atoms with Crippen LogP contribution in [0.3, 0.4) is 0 Å². The number of benzene rings is 1. The number of Topliss-reactive ketones (excluding diaryl/α,β-unsaturated/α-hetero) is 1. The van der Waals surface area contributed by atoms with E-state index in [0.29, 0.717) is 30.3 Å². The summed E-state index contributed by atoms with van der Waals surface area (Å²) in [7, 11) is -1.43. The highest BCUT2D eigenvalue weighted by Crippen LogP contribution is 2.58. The molecule has 3 atom stereocenters. The zero-order valence-electron chi connectivity index (χ0n) is 19.6. The number of likely N-dealkylation sites (tertiary alicyclic amines) is 1. The number of carbonyl (C=O) groups is 1. The molecule has 2 bridgehead atoms. The van der Waals surface area contributed by atoms with Crippen LogP contribution in [0.15, 0.2) is 18.2 Å². The molecule has 0 spiro atoms. The number of ketones is 1. The Morgan fingerprint density at radius 2 is 1.87 bits per heavy atom. The molecule has 1 aliphatic carbocycles. The van der Waals surface area contributed by atoms with Gasteiger partial charge < -0.3 is 10.0 Å². The van der Waals surface area contributed by atoms with Crippen LogP contribution in [0.25, 0.3) is 0 Å². The predicted molar refractivity (Wildman–Crippen MR) is 124 cm³/mol. The van der Waals surface area contributed by atoms with E-state index >= 15 is 0 Å². The predicted octanol–water partition coefficient (Wildman–Crippen LogP) is 4.35. The van der Waals surface area contributed by atoms with Crippen LogP contribution in [0, 0.1) is 5.41 Å². The molecule has 0 saturated carbocycles. The number of unbranched alkanes of at least 4 members (excludes halogenated alkanes) is 2.